The number of hydrogen-bond acceptors (Lipinski definition) is 3. The number of hydrogen-bond donors (Lipinski definition) is 2. The molecule has 0 saturated carbocycles. The zero-order valence-corrected chi connectivity index (χ0v) is 9.57. The number of aliphatic hydroxyl groups excluding tert-OH is 2. The van der Waals surface area contributed by atoms with Crippen molar-refractivity contribution >= 4 is 5.69 Å². The first-order valence-corrected chi connectivity index (χ1v) is 5.14. The molecule has 15 heavy (non-hydrogen) atoms. The Kier molecular flexibility index (Phi) is 4.12. The highest BCUT2D eigenvalue weighted by Gasteiger charge is 2.05. The molecule has 0 aliphatic rings. The van der Waals surface area contributed by atoms with Crippen molar-refractivity contribution in [2.24, 2.45) is 0 Å². The third kappa shape index (κ3) is 3.22. The number of anilines is 1. The van der Waals surface area contributed by atoms with E-state index in [9.17, 15) is 5.11 Å². The molecule has 0 saturated heterocycles. The fraction of sp³-hybridized carbons (Fsp3) is 0.500. The molecule has 0 bridgehead atoms. The highest BCUT2D eigenvalue weighted by atomic mass is 16.3. The number of benzene rings is 1. The first-order chi connectivity index (χ1) is 7.04. The standard InChI is InChI=1S/C12H19NO2/c1-9-6-12(5-4-11(9)8-14)13(3)7-10(2)15/h4-6,10,14-15H,7-8H2,1-3H3. The van der Waals surface area contributed by atoms with Crippen LogP contribution in [0.4, 0.5) is 5.69 Å². The highest BCUT2D eigenvalue weighted by Crippen LogP contribution is 2.18. The van der Waals surface area contributed by atoms with E-state index in [0.29, 0.717) is 6.54 Å². The molecule has 1 unspecified atom stereocenters. The first kappa shape index (κ1) is 12.0. The van der Waals surface area contributed by atoms with Crippen LogP contribution >= 0.6 is 0 Å². The van der Waals surface area contributed by atoms with Gasteiger partial charge in [-0.25, -0.2) is 0 Å². The summed E-state index contributed by atoms with van der Waals surface area (Å²) >= 11 is 0. The number of aliphatic hydroxyl groups is 2. The van der Waals surface area contributed by atoms with Gasteiger partial charge in [-0.3, -0.25) is 0 Å². The Morgan fingerprint density at radius 1 is 1.40 bits per heavy atom. The van der Waals surface area contributed by atoms with Gasteiger partial charge in [0.15, 0.2) is 0 Å². The summed E-state index contributed by atoms with van der Waals surface area (Å²) < 4.78 is 0. The monoisotopic (exact) mass is 209 g/mol. The smallest absolute Gasteiger partial charge is 0.0686 e. The maximum absolute atomic E-state index is 9.27. The van der Waals surface area contributed by atoms with Gasteiger partial charge in [-0.1, -0.05) is 6.07 Å². The van der Waals surface area contributed by atoms with Gasteiger partial charge in [0.1, 0.15) is 0 Å². The summed E-state index contributed by atoms with van der Waals surface area (Å²) in [5.74, 6) is 0. The molecule has 0 amide bonds. The van der Waals surface area contributed by atoms with Crippen molar-refractivity contribution in [2.45, 2.75) is 26.6 Å². The average Bonchev–Trinajstić information content (AvgIpc) is 2.16. The van der Waals surface area contributed by atoms with Crippen LogP contribution in [-0.2, 0) is 6.61 Å². The van der Waals surface area contributed by atoms with Crippen LogP contribution < -0.4 is 4.90 Å². The van der Waals surface area contributed by atoms with E-state index in [2.05, 4.69) is 0 Å². The van der Waals surface area contributed by atoms with E-state index < -0.39 is 0 Å². The van der Waals surface area contributed by atoms with Gasteiger partial charge in [0.05, 0.1) is 12.7 Å². The minimum absolute atomic E-state index is 0.0756. The fourth-order valence-corrected chi connectivity index (χ4v) is 1.60. The van der Waals surface area contributed by atoms with Crippen LogP contribution in [-0.4, -0.2) is 29.9 Å². The van der Waals surface area contributed by atoms with Crippen molar-refractivity contribution in [3.05, 3.63) is 29.3 Å². The topological polar surface area (TPSA) is 43.7 Å². The van der Waals surface area contributed by atoms with E-state index in [0.717, 1.165) is 16.8 Å². The summed E-state index contributed by atoms with van der Waals surface area (Å²) in [6, 6.07) is 5.90. The molecule has 0 aromatic heterocycles. The Morgan fingerprint density at radius 2 is 2.07 bits per heavy atom. The summed E-state index contributed by atoms with van der Waals surface area (Å²) in [6.45, 7) is 4.43. The second-order valence-electron chi connectivity index (χ2n) is 4.00. The van der Waals surface area contributed by atoms with Gasteiger partial charge in [-0.05, 0) is 37.1 Å². The molecule has 0 heterocycles. The second-order valence-corrected chi connectivity index (χ2v) is 4.00. The molecule has 3 heteroatoms. The number of rotatable bonds is 4. The van der Waals surface area contributed by atoms with Gasteiger partial charge < -0.3 is 15.1 Å². The molecule has 2 N–H and O–H groups in total. The van der Waals surface area contributed by atoms with Crippen molar-refractivity contribution in [1.29, 1.82) is 0 Å². The van der Waals surface area contributed by atoms with Gasteiger partial charge in [0.25, 0.3) is 0 Å². The molecule has 0 spiro atoms. The Balaban J connectivity index is 2.82. The molecule has 0 fully saturated rings. The number of nitrogens with zero attached hydrogens (tertiary/aromatic N) is 1. The van der Waals surface area contributed by atoms with Crippen molar-refractivity contribution in [2.75, 3.05) is 18.5 Å². The van der Waals surface area contributed by atoms with Crippen molar-refractivity contribution in [1.82, 2.24) is 0 Å². The van der Waals surface area contributed by atoms with Crippen LogP contribution in [0.15, 0.2) is 18.2 Å². The van der Waals surface area contributed by atoms with Crippen molar-refractivity contribution in [3.63, 3.8) is 0 Å². The summed E-state index contributed by atoms with van der Waals surface area (Å²) in [6.07, 6.45) is -0.340. The summed E-state index contributed by atoms with van der Waals surface area (Å²) in [5.41, 5.74) is 3.09. The Hall–Kier alpha value is -1.06. The van der Waals surface area contributed by atoms with Gasteiger partial charge in [0.2, 0.25) is 0 Å². The summed E-state index contributed by atoms with van der Waals surface area (Å²) in [7, 11) is 1.94. The van der Waals surface area contributed by atoms with Crippen LogP contribution in [0.1, 0.15) is 18.1 Å². The van der Waals surface area contributed by atoms with Crippen LogP contribution in [0.25, 0.3) is 0 Å². The minimum atomic E-state index is -0.340. The largest absolute Gasteiger partial charge is 0.392 e. The SMILES string of the molecule is Cc1cc(N(C)CC(C)O)ccc1CO. The lowest BCUT2D eigenvalue weighted by Crippen LogP contribution is -2.26. The van der Waals surface area contributed by atoms with Gasteiger partial charge in [0, 0.05) is 19.3 Å². The van der Waals surface area contributed by atoms with E-state index in [1.807, 2.05) is 37.1 Å². The lowest BCUT2D eigenvalue weighted by atomic mass is 10.1. The average molecular weight is 209 g/mol. The second kappa shape index (κ2) is 5.14. The predicted molar refractivity (Wildman–Crippen MR) is 62.1 cm³/mol. The van der Waals surface area contributed by atoms with Crippen LogP contribution in [0.5, 0.6) is 0 Å². The number of aryl methyl sites for hydroxylation is 1. The van der Waals surface area contributed by atoms with E-state index >= 15 is 0 Å². The molecule has 84 valence electrons. The zero-order chi connectivity index (χ0) is 11.4. The predicted octanol–water partition coefficient (Wildman–Crippen LogP) is 1.30. The van der Waals surface area contributed by atoms with E-state index in [-0.39, 0.29) is 12.7 Å². The van der Waals surface area contributed by atoms with Crippen molar-refractivity contribution in [3.8, 4) is 0 Å². The van der Waals surface area contributed by atoms with Crippen molar-refractivity contribution < 1.29 is 10.2 Å². The summed E-state index contributed by atoms with van der Waals surface area (Å²) in [4.78, 5) is 2.00. The van der Waals surface area contributed by atoms with Gasteiger partial charge in [-0.2, -0.15) is 0 Å². The van der Waals surface area contributed by atoms with E-state index in [1.54, 1.807) is 6.92 Å². The first-order valence-electron chi connectivity index (χ1n) is 5.14. The highest BCUT2D eigenvalue weighted by molar-refractivity contribution is 5.50. The van der Waals surface area contributed by atoms with Gasteiger partial charge >= 0.3 is 0 Å². The molecule has 1 aromatic rings. The quantitative estimate of drug-likeness (QED) is 0.785. The van der Waals surface area contributed by atoms with Crippen LogP contribution in [0, 0.1) is 6.92 Å². The lowest BCUT2D eigenvalue weighted by Gasteiger charge is -2.21. The molecule has 1 aromatic carbocycles. The number of likely N-dealkylation sites (N-methyl/N-ethyl adjacent to an activating group) is 1. The van der Waals surface area contributed by atoms with Crippen LogP contribution in [0.3, 0.4) is 0 Å². The molecule has 0 aliphatic carbocycles. The molecule has 0 aliphatic heterocycles. The lowest BCUT2D eigenvalue weighted by molar-refractivity contribution is 0.201. The molecular weight excluding hydrogens is 190 g/mol. The molecule has 0 radical (unpaired) electrons. The van der Waals surface area contributed by atoms with E-state index in [4.69, 9.17) is 5.11 Å². The zero-order valence-electron chi connectivity index (χ0n) is 9.57. The third-order valence-corrected chi connectivity index (χ3v) is 2.48. The molecule has 1 atom stereocenters. The molecule has 1 rings (SSSR count). The Bertz CT molecular complexity index is 323. The maximum Gasteiger partial charge on any atom is 0.0686 e. The molecular formula is C12H19NO2. The maximum atomic E-state index is 9.27. The summed E-state index contributed by atoms with van der Waals surface area (Å²) in [5, 5.41) is 18.3. The Labute approximate surface area is 91.0 Å². The van der Waals surface area contributed by atoms with Gasteiger partial charge in [-0.15, -0.1) is 0 Å². The third-order valence-electron chi connectivity index (χ3n) is 2.48. The minimum Gasteiger partial charge on any atom is -0.392 e. The van der Waals surface area contributed by atoms with E-state index in [1.165, 1.54) is 0 Å². The fourth-order valence-electron chi connectivity index (χ4n) is 1.60. The Morgan fingerprint density at radius 3 is 2.53 bits per heavy atom. The normalized spacial score (nSPS) is 12.6. The van der Waals surface area contributed by atoms with Crippen LogP contribution in [0.2, 0.25) is 0 Å². The molecule has 3 nitrogen and oxygen atoms in total.